The minimum Gasteiger partial charge on any atom is -0.386 e. The fourth-order valence-electron chi connectivity index (χ4n) is 2.43. The molecule has 0 radical (unpaired) electrons. The van der Waals surface area contributed by atoms with Crippen LogP contribution in [-0.4, -0.2) is 70.6 Å². The first-order chi connectivity index (χ1) is 15.0. The molecular weight excluding hydrogens is 529 g/mol. The number of aromatic nitrogens is 3. The average molecular weight is 543 g/mol. The lowest BCUT2D eigenvalue weighted by molar-refractivity contribution is -0.0603. The molecule has 6 N–H and O–H groups in total. The number of H-pyrrole nitrogens is 1. The quantitative estimate of drug-likeness (QED) is 0.156. The minimum atomic E-state index is -5.86. The summed E-state index contributed by atoms with van der Waals surface area (Å²) < 4.78 is 78.0. The zero-order chi connectivity index (χ0) is 25.2. The van der Waals surface area contributed by atoms with Gasteiger partial charge in [-0.2, -0.15) is 18.4 Å². The number of aromatic amines is 1. The predicted octanol–water partition coefficient (Wildman–Crippen LogP) is -1.79. The van der Waals surface area contributed by atoms with Crippen LogP contribution in [0.1, 0.15) is 6.23 Å². The maximum absolute atomic E-state index is 15.4. The van der Waals surface area contributed by atoms with E-state index in [9.17, 15) is 37.7 Å². The number of rotatable bonds is 8. The lowest BCUT2D eigenvalue weighted by Gasteiger charge is -2.23. The van der Waals surface area contributed by atoms with Crippen molar-refractivity contribution in [2.75, 3.05) is 13.3 Å². The Kier molecular flexibility index (Phi) is 8.30. The summed E-state index contributed by atoms with van der Waals surface area (Å²) in [7, 11) is -17.2. The predicted molar refractivity (Wildman–Crippen MR) is 96.4 cm³/mol. The lowest BCUT2D eigenvalue weighted by atomic mass is 9.97. The monoisotopic (exact) mass is 543 g/mol. The molecule has 1 saturated heterocycles. The summed E-state index contributed by atoms with van der Waals surface area (Å²) in [4.78, 5) is 60.2. The van der Waals surface area contributed by atoms with E-state index in [0.29, 0.717) is 6.20 Å². The van der Waals surface area contributed by atoms with Gasteiger partial charge >= 0.3 is 29.2 Å². The zero-order valence-corrected chi connectivity index (χ0v) is 18.3. The molecule has 0 saturated carbocycles. The Balaban J connectivity index is 2.26. The molecular formula is C11H14F2N3O14P3. The highest BCUT2D eigenvalue weighted by Crippen LogP contribution is 2.66. The number of aliphatic hydroxyl groups is 1. The molecule has 22 heteroatoms. The second kappa shape index (κ2) is 9.92. The number of aliphatic hydroxyl groups excluding tert-OH is 1. The van der Waals surface area contributed by atoms with Crippen LogP contribution in [0.5, 0.6) is 0 Å². The van der Waals surface area contributed by atoms with Gasteiger partial charge in [0.05, 0.1) is 6.61 Å². The van der Waals surface area contributed by atoms with Crippen molar-refractivity contribution < 1.29 is 65.0 Å². The van der Waals surface area contributed by atoms with E-state index in [4.69, 9.17) is 19.4 Å². The van der Waals surface area contributed by atoms with Crippen molar-refractivity contribution >= 4 is 23.5 Å². The first kappa shape index (κ1) is 27.6. The van der Waals surface area contributed by atoms with E-state index in [2.05, 4.69) is 18.2 Å². The number of hydrogen-bond acceptors (Lipinski definition) is 11. The fourth-order valence-corrected chi connectivity index (χ4v) is 5.46. The van der Waals surface area contributed by atoms with Crippen LogP contribution in [0.4, 0.5) is 8.78 Å². The summed E-state index contributed by atoms with van der Waals surface area (Å²) >= 11 is 0. The molecule has 0 amide bonds. The van der Waals surface area contributed by atoms with Gasteiger partial charge in [-0.1, -0.05) is 11.8 Å². The van der Waals surface area contributed by atoms with Crippen molar-refractivity contribution in [1.29, 1.82) is 0 Å². The van der Waals surface area contributed by atoms with E-state index in [-0.39, 0.29) is 4.68 Å². The number of nitrogens with one attached hydrogen (secondary N) is 1. The highest BCUT2D eigenvalue weighted by atomic mass is 31.3. The summed E-state index contributed by atoms with van der Waals surface area (Å²) in [6.07, 6.45) is -6.13. The Morgan fingerprint density at radius 2 is 1.85 bits per heavy atom. The number of hydrogen-bond donors (Lipinski definition) is 6. The van der Waals surface area contributed by atoms with Gasteiger partial charge in [-0.05, 0) is 0 Å². The van der Waals surface area contributed by atoms with E-state index in [0.717, 1.165) is 0 Å². The Hall–Kier alpha value is -1.64. The number of alkyl halides is 2. The molecule has 33 heavy (non-hydrogen) atoms. The maximum Gasteiger partial charge on any atom is 0.490 e. The van der Waals surface area contributed by atoms with E-state index < -0.39 is 72.1 Å². The van der Waals surface area contributed by atoms with Crippen molar-refractivity contribution in [1.82, 2.24) is 14.8 Å². The van der Waals surface area contributed by atoms with Crippen LogP contribution in [0.3, 0.4) is 0 Å². The third-order valence-electron chi connectivity index (χ3n) is 3.57. The number of phosphoric acid groups is 3. The summed E-state index contributed by atoms with van der Waals surface area (Å²) in [5.74, 6) is 3.33. The molecule has 3 unspecified atom stereocenters. The molecule has 2 heterocycles. The van der Waals surface area contributed by atoms with Crippen LogP contribution in [0, 0.1) is 11.8 Å². The van der Waals surface area contributed by atoms with Gasteiger partial charge < -0.3 is 29.4 Å². The van der Waals surface area contributed by atoms with Gasteiger partial charge in [0, 0.05) is 0 Å². The van der Waals surface area contributed by atoms with Crippen molar-refractivity contribution in [2.45, 2.75) is 24.1 Å². The topological polar surface area (TPSA) is 257 Å². The van der Waals surface area contributed by atoms with E-state index >= 15 is 4.39 Å². The SMILES string of the molecule is O=c1cnn([C@@H]2O[C@H](COP(=O)(O)OP(=O)(O)OP(=O)(O)O)[C@H](O)C2(F)C#CCF)c(=O)[nH]1. The summed E-state index contributed by atoms with van der Waals surface area (Å²) in [6, 6.07) is 0. The summed E-state index contributed by atoms with van der Waals surface area (Å²) in [5, 5.41) is 13.5. The largest absolute Gasteiger partial charge is 0.490 e. The molecule has 0 bridgehead atoms. The minimum absolute atomic E-state index is 0.183. The van der Waals surface area contributed by atoms with E-state index in [1.807, 2.05) is 0 Å². The second-order valence-electron chi connectivity index (χ2n) is 5.95. The van der Waals surface area contributed by atoms with Gasteiger partial charge in [-0.25, -0.2) is 27.3 Å². The Morgan fingerprint density at radius 3 is 2.39 bits per heavy atom. The van der Waals surface area contributed by atoms with Gasteiger partial charge in [-0.15, -0.1) is 0 Å². The first-order valence-corrected chi connectivity index (χ1v) is 12.6. The number of phosphoric ester groups is 1. The molecule has 17 nitrogen and oxygen atoms in total. The first-order valence-electron chi connectivity index (χ1n) is 8.04. The van der Waals surface area contributed by atoms with Crippen LogP contribution in [0.25, 0.3) is 0 Å². The van der Waals surface area contributed by atoms with Gasteiger partial charge in [-0.3, -0.25) is 14.3 Å². The summed E-state index contributed by atoms with van der Waals surface area (Å²) in [6.45, 7) is -2.71. The van der Waals surface area contributed by atoms with Crippen molar-refractivity contribution in [3.63, 3.8) is 0 Å². The lowest BCUT2D eigenvalue weighted by Crippen LogP contribution is -2.46. The second-order valence-corrected chi connectivity index (χ2v) is 10.4. The zero-order valence-electron chi connectivity index (χ0n) is 15.6. The smallest absolute Gasteiger partial charge is 0.386 e. The molecule has 1 aliphatic heterocycles. The average Bonchev–Trinajstić information content (AvgIpc) is 2.87. The molecule has 6 atom stereocenters. The molecule has 1 aromatic heterocycles. The summed E-state index contributed by atoms with van der Waals surface area (Å²) in [5.41, 5.74) is -5.61. The number of ether oxygens (including phenoxy) is 1. The number of nitrogens with zero attached hydrogens (tertiary/aromatic N) is 2. The molecule has 1 aliphatic rings. The van der Waals surface area contributed by atoms with Crippen molar-refractivity contribution in [2.24, 2.45) is 0 Å². The van der Waals surface area contributed by atoms with Crippen LogP contribution < -0.4 is 11.2 Å². The van der Waals surface area contributed by atoms with Gasteiger partial charge in [0.1, 0.15) is 25.1 Å². The Morgan fingerprint density at radius 1 is 1.21 bits per heavy atom. The Bertz CT molecular complexity index is 1200. The molecule has 186 valence electrons. The highest BCUT2D eigenvalue weighted by Gasteiger charge is 2.59. The van der Waals surface area contributed by atoms with Crippen LogP contribution >= 0.6 is 23.5 Å². The van der Waals surface area contributed by atoms with Gasteiger partial charge in [0.2, 0.25) is 11.9 Å². The van der Waals surface area contributed by atoms with Crippen LogP contribution in [0.2, 0.25) is 0 Å². The maximum atomic E-state index is 15.4. The Labute approximate surface area is 180 Å². The molecule has 0 aromatic carbocycles. The molecule has 2 rings (SSSR count). The van der Waals surface area contributed by atoms with Crippen molar-refractivity contribution in [3.8, 4) is 11.8 Å². The van der Waals surface area contributed by atoms with Gasteiger partial charge in [0.25, 0.3) is 5.56 Å². The number of halogens is 2. The third kappa shape index (κ3) is 7.17. The fraction of sp³-hybridized carbons (Fsp3) is 0.545. The van der Waals surface area contributed by atoms with Crippen molar-refractivity contribution in [3.05, 3.63) is 27.0 Å². The van der Waals surface area contributed by atoms with Crippen LogP contribution in [-0.2, 0) is 31.6 Å². The third-order valence-corrected chi connectivity index (χ3v) is 7.37. The van der Waals surface area contributed by atoms with E-state index in [1.54, 1.807) is 16.8 Å². The van der Waals surface area contributed by atoms with Crippen LogP contribution in [0.15, 0.2) is 15.8 Å². The molecule has 1 aromatic rings. The highest BCUT2D eigenvalue weighted by molar-refractivity contribution is 7.66. The molecule has 0 aliphatic carbocycles. The normalized spacial score (nSPS) is 29.0. The standard InChI is InChI=1S/C11H14F2N3O14P3/c12-3-1-2-11(13)8(18)6(28-9(11)16-10(19)15-7(17)4-14-16)5-27-32(23,24)30-33(25,26)29-31(20,21)22/h4,6,8-9,18H,3,5H2,(H,23,24)(H,25,26)(H,15,17,19)(H2,20,21,22)/t6-,8+,9-,11?/m1/s1. The molecule has 0 spiro atoms. The molecule has 1 fully saturated rings. The van der Waals surface area contributed by atoms with Gasteiger partial charge in [0.15, 0.2) is 0 Å². The van der Waals surface area contributed by atoms with E-state index in [1.165, 1.54) is 0 Å².